The number of aromatic nitrogens is 2. The molecule has 2 rings (SSSR count). The summed E-state index contributed by atoms with van der Waals surface area (Å²) in [5.74, 6) is 0. The van der Waals surface area contributed by atoms with Crippen molar-refractivity contribution in [1.29, 1.82) is 0 Å². The van der Waals surface area contributed by atoms with E-state index in [0.717, 1.165) is 14.6 Å². The lowest BCUT2D eigenvalue weighted by Gasteiger charge is -1.97. The fourth-order valence-electron chi connectivity index (χ4n) is 0.977. The van der Waals surface area contributed by atoms with Crippen LogP contribution < -0.4 is 0 Å². The number of hydrogen-bond acceptors (Lipinski definition) is 2. The van der Waals surface area contributed by atoms with Crippen LogP contribution in [0.15, 0.2) is 24.4 Å². The Morgan fingerprint density at radius 2 is 2.17 bits per heavy atom. The van der Waals surface area contributed by atoms with E-state index in [1.807, 2.05) is 18.2 Å². The zero-order valence-electron chi connectivity index (χ0n) is 5.96. The molecule has 0 radical (unpaired) electrons. The van der Waals surface area contributed by atoms with Crippen LogP contribution in [0.3, 0.4) is 0 Å². The van der Waals surface area contributed by atoms with Gasteiger partial charge in [0.25, 0.3) is 0 Å². The van der Waals surface area contributed by atoms with Crippen LogP contribution in [0.25, 0.3) is 11.0 Å². The van der Waals surface area contributed by atoms with Crippen molar-refractivity contribution in [3.05, 3.63) is 33.1 Å². The van der Waals surface area contributed by atoms with Gasteiger partial charge in [-0.15, -0.1) is 0 Å². The third-order valence-corrected chi connectivity index (χ3v) is 2.55. The SMILES string of the molecule is Clc1cnc2cccc(I)c2n1. The number of halogens is 2. The predicted octanol–water partition coefficient (Wildman–Crippen LogP) is 2.89. The van der Waals surface area contributed by atoms with Crippen LogP contribution in [0.4, 0.5) is 0 Å². The van der Waals surface area contributed by atoms with Crippen LogP contribution in [0, 0.1) is 3.57 Å². The van der Waals surface area contributed by atoms with Crippen LogP contribution in [-0.2, 0) is 0 Å². The lowest BCUT2D eigenvalue weighted by molar-refractivity contribution is 1.29. The Hall–Kier alpha value is -0.420. The van der Waals surface area contributed by atoms with Gasteiger partial charge in [0.1, 0.15) is 10.7 Å². The predicted molar refractivity (Wildman–Crippen MR) is 57.3 cm³/mol. The molecule has 0 amide bonds. The average molecular weight is 290 g/mol. The van der Waals surface area contributed by atoms with Crippen molar-refractivity contribution in [3.63, 3.8) is 0 Å². The third kappa shape index (κ3) is 1.38. The number of nitrogens with zero attached hydrogens (tertiary/aromatic N) is 2. The second-order valence-electron chi connectivity index (χ2n) is 2.30. The highest BCUT2D eigenvalue weighted by atomic mass is 127. The highest BCUT2D eigenvalue weighted by molar-refractivity contribution is 14.1. The Bertz CT molecular complexity index is 430. The molecule has 1 heterocycles. The summed E-state index contributed by atoms with van der Waals surface area (Å²) >= 11 is 7.93. The smallest absolute Gasteiger partial charge is 0.148 e. The van der Waals surface area contributed by atoms with Gasteiger partial charge in [-0.25, -0.2) is 4.98 Å². The maximum absolute atomic E-state index is 5.71. The summed E-state index contributed by atoms with van der Waals surface area (Å²) in [5, 5.41) is 0.437. The van der Waals surface area contributed by atoms with Crippen LogP contribution in [0.5, 0.6) is 0 Å². The molecule has 4 heteroatoms. The van der Waals surface area contributed by atoms with Crippen molar-refractivity contribution in [2.45, 2.75) is 0 Å². The lowest BCUT2D eigenvalue weighted by atomic mass is 10.3. The van der Waals surface area contributed by atoms with Crippen molar-refractivity contribution in [3.8, 4) is 0 Å². The van der Waals surface area contributed by atoms with Gasteiger partial charge in [-0.05, 0) is 34.7 Å². The average Bonchev–Trinajstić information content (AvgIpc) is 2.07. The van der Waals surface area contributed by atoms with E-state index in [9.17, 15) is 0 Å². The first-order valence-corrected chi connectivity index (χ1v) is 4.80. The molecule has 0 aliphatic carbocycles. The Morgan fingerprint density at radius 3 is 3.00 bits per heavy atom. The molecular weight excluding hydrogens is 286 g/mol. The third-order valence-electron chi connectivity index (χ3n) is 1.49. The number of para-hydroxylation sites is 1. The molecule has 0 N–H and O–H groups in total. The highest BCUT2D eigenvalue weighted by Gasteiger charge is 2.00. The van der Waals surface area contributed by atoms with E-state index in [-0.39, 0.29) is 0 Å². The summed E-state index contributed by atoms with van der Waals surface area (Å²) in [6, 6.07) is 5.85. The number of fused-ring (bicyclic) bond motifs is 1. The fourth-order valence-corrected chi connectivity index (χ4v) is 1.72. The number of benzene rings is 1. The molecule has 2 nitrogen and oxygen atoms in total. The molecule has 2 aromatic rings. The summed E-state index contributed by atoms with van der Waals surface area (Å²) in [6.07, 6.45) is 1.56. The second-order valence-corrected chi connectivity index (χ2v) is 3.85. The minimum atomic E-state index is 0.437. The van der Waals surface area contributed by atoms with Crippen molar-refractivity contribution in [1.82, 2.24) is 9.97 Å². The molecule has 60 valence electrons. The summed E-state index contributed by atoms with van der Waals surface area (Å²) in [6.45, 7) is 0. The zero-order valence-corrected chi connectivity index (χ0v) is 8.87. The van der Waals surface area contributed by atoms with E-state index >= 15 is 0 Å². The molecule has 1 aromatic heterocycles. The van der Waals surface area contributed by atoms with Crippen LogP contribution >= 0.6 is 34.2 Å². The Balaban J connectivity index is 2.88. The maximum Gasteiger partial charge on any atom is 0.148 e. The van der Waals surface area contributed by atoms with Gasteiger partial charge in [-0.1, -0.05) is 17.7 Å². The van der Waals surface area contributed by atoms with E-state index in [2.05, 4.69) is 32.6 Å². The van der Waals surface area contributed by atoms with Crippen LogP contribution in [-0.4, -0.2) is 9.97 Å². The van der Waals surface area contributed by atoms with Gasteiger partial charge >= 0.3 is 0 Å². The molecule has 0 unspecified atom stereocenters. The topological polar surface area (TPSA) is 25.8 Å². The van der Waals surface area contributed by atoms with Crippen molar-refractivity contribution < 1.29 is 0 Å². The first kappa shape index (κ1) is 8.19. The monoisotopic (exact) mass is 290 g/mol. The second kappa shape index (κ2) is 3.14. The minimum absolute atomic E-state index is 0.437. The largest absolute Gasteiger partial charge is 0.251 e. The van der Waals surface area contributed by atoms with Crippen molar-refractivity contribution in [2.75, 3.05) is 0 Å². The summed E-state index contributed by atoms with van der Waals surface area (Å²) in [7, 11) is 0. The first-order chi connectivity index (χ1) is 5.77. The van der Waals surface area contributed by atoms with Crippen LogP contribution in [0.2, 0.25) is 5.15 Å². The minimum Gasteiger partial charge on any atom is -0.251 e. The summed E-state index contributed by atoms with van der Waals surface area (Å²) in [4.78, 5) is 8.31. The molecule has 0 saturated heterocycles. The zero-order chi connectivity index (χ0) is 8.55. The standard InChI is InChI=1S/C8H4ClIN2/c9-7-4-11-6-3-1-2-5(10)8(6)12-7/h1-4H. The molecular formula is C8H4ClIN2. The number of rotatable bonds is 0. The Labute approximate surface area is 88.1 Å². The van der Waals surface area contributed by atoms with Crippen LogP contribution in [0.1, 0.15) is 0 Å². The molecule has 0 bridgehead atoms. The normalized spacial score (nSPS) is 10.5. The van der Waals surface area contributed by atoms with E-state index in [1.165, 1.54) is 0 Å². The molecule has 0 aliphatic rings. The molecule has 0 spiro atoms. The van der Waals surface area contributed by atoms with Gasteiger partial charge in [0.15, 0.2) is 0 Å². The summed E-state index contributed by atoms with van der Waals surface area (Å²) < 4.78 is 1.07. The van der Waals surface area contributed by atoms with Gasteiger partial charge in [-0.3, -0.25) is 4.98 Å². The van der Waals surface area contributed by atoms with Gasteiger partial charge < -0.3 is 0 Å². The van der Waals surface area contributed by atoms with Gasteiger partial charge in [0.2, 0.25) is 0 Å². The molecule has 0 saturated carbocycles. The van der Waals surface area contributed by atoms with Gasteiger partial charge in [-0.2, -0.15) is 0 Å². The van der Waals surface area contributed by atoms with Gasteiger partial charge in [0, 0.05) is 3.57 Å². The van der Waals surface area contributed by atoms with Crippen molar-refractivity contribution >= 4 is 45.2 Å². The van der Waals surface area contributed by atoms with E-state index in [0.29, 0.717) is 5.15 Å². The first-order valence-electron chi connectivity index (χ1n) is 3.34. The molecule has 0 atom stereocenters. The number of hydrogen-bond donors (Lipinski definition) is 0. The van der Waals surface area contributed by atoms with E-state index < -0.39 is 0 Å². The summed E-state index contributed by atoms with van der Waals surface area (Å²) in [5.41, 5.74) is 1.75. The fraction of sp³-hybridized carbons (Fsp3) is 0. The van der Waals surface area contributed by atoms with E-state index in [1.54, 1.807) is 6.20 Å². The highest BCUT2D eigenvalue weighted by Crippen LogP contribution is 2.17. The molecule has 0 aliphatic heterocycles. The maximum atomic E-state index is 5.71. The molecule has 1 aromatic carbocycles. The van der Waals surface area contributed by atoms with Gasteiger partial charge in [0.05, 0.1) is 11.7 Å². The molecule has 0 fully saturated rings. The molecule has 12 heavy (non-hydrogen) atoms. The Kier molecular flexibility index (Phi) is 2.14. The lowest BCUT2D eigenvalue weighted by Crippen LogP contribution is -1.86. The van der Waals surface area contributed by atoms with Crippen molar-refractivity contribution in [2.24, 2.45) is 0 Å². The van der Waals surface area contributed by atoms with E-state index in [4.69, 9.17) is 11.6 Å². The Morgan fingerprint density at radius 1 is 1.33 bits per heavy atom. The quantitative estimate of drug-likeness (QED) is 0.697.